The molecule has 0 spiro atoms. The van der Waals surface area contributed by atoms with Crippen molar-refractivity contribution in [2.45, 2.75) is 23.9 Å². The van der Waals surface area contributed by atoms with Gasteiger partial charge in [-0.1, -0.05) is 41.9 Å². The highest BCUT2D eigenvalue weighted by Crippen LogP contribution is 2.23. The number of hydrogen-bond donors (Lipinski definition) is 1. The molecule has 28 heavy (non-hydrogen) atoms. The summed E-state index contributed by atoms with van der Waals surface area (Å²) in [5.41, 5.74) is 1.41. The van der Waals surface area contributed by atoms with Gasteiger partial charge in [0.05, 0.1) is 15.5 Å². The average molecular weight is 422 g/mol. The Morgan fingerprint density at radius 2 is 1.93 bits per heavy atom. The van der Waals surface area contributed by atoms with Crippen molar-refractivity contribution in [1.29, 1.82) is 0 Å². The predicted molar refractivity (Wildman–Crippen MR) is 110 cm³/mol. The summed E-state index contributed by atoms with van der Waals surface area (Å²) in [6, 6.07) is 14.4. The second-order valence-electron chi connectivity index (χ2n) is 7.11. The predicted octanol–water partition coefficient (Wildman–Crippen LogP) is 2.59. The third kappa shape index (κ3) is 4.72. The van der Waals surface area contributed by atoms with E-state index in [0.29, 0.717) is 0 Å². The first-order valence-electron chi connectivity index (χ1n) is 9.06. The molecule has 2 aromatic carbocycles. The number of nitrogens with zero attached hydrogens (tertiary/aromatic N) is 2. The molecule has 0 radical (unpaired) electrons. The van der Waals surface area contributed by atoms with E-state index in [1.165, 1.54) is 37.9 Å². The van der Waals surface area contributed by atoms with E-state index in [-0.39, 0.29) is 27.4 Å². The minimum absolute atomic E-state index is 0.00129. The zero-order chi connectivity index (χ0) is 20.3. The van der Waals surface area contributed by atoms with Crippen molar-refractivity contribution in [2.24, 2.45) is 0 Å². The molecule has 1 atom stereocenters. The SMILES string of the molecule is CN(C)S(=O)(=O)c1ccc(Cl)c(C(=O)N[C@@H]2CCN(Cc3ccccc3)C2)c1. The van der Waals surface area contributed by atoms with Gasteiger partial charge in [-0.3, -0.25) is 9.69 Å². The van der Waals surface area contributed by atoms with Crippen molar-refractivity contribution in [2.75, 3.05) is 27.2 Å². The summed E-state index contributed by atoms with van der Waals surface area (Å²) < 4.78 is 25.8. The normalized spacial score (nSPS) is 17.8. The van der Waals surface area contributed by atoms with Crippen molar-refractivity contribution in [3.05, 3.63) is 64.7 Å². The van der Waals surface area contributed by atoms with Crippen molar-refractivity contribution >= 4 is 27.5 Å². The first-order chi connectivity index (χ1) is 13.3. The zero-order valence-electron chi connectivity index (χ0n) is 15.9. The molecule has 6 nitrogen and oxygen atoms in total. The first kappa shape index (κ1) is 20.8. The summed E-state index contributed by atoms with van der Waals surface area (Å²) in [7, 11) is -0.738. The smallest absolute Gasteiger partial charge is 0.253 e. The number of sulfonamides is 1. The highest BCUT2D eigenvalue weighted by molar-refractivity contribution is 7.89. The van der Waals surface area contributed by atoms with Gasteiger partial charge in [-0.2, -0.15) is 0 Å². The maximum Gasteiger partial charge on any atom is 0.253 e. The van der Waals surface area contributed by atoms with Gasteiger partial charge in [0.25, 0.3) is 5.91 Å². The summed E-state index contributed by atoms with van der Waals surface area (Å²) in [5.74, 6) is -0.354. The lowest BCUT2D eigenvalue weighted by molar-refractivity contribution is 0.0937. The van der Waals surface area contributed by atoms with Crippen LogP contribution >= 0.6 is 11.6 Å². The van der Waals surface area contributed by atoms with Crippen LogP contribution in [0.4, 0.5) is 0 Å². The van der Waals surface area contributed by atoms with E-state index in [4.69, 9.17) is 11.6 Å². The van der Waals surface area contributed by atoms with Crippen molar-refractivity contribution in [1.82, 2.24) is 14.5 Å². The van der Waals surface area contributed by atoms with Crippen molar-refractivity contribution in [3.63, 3.8) is 0 Å². The number of halogens is 1. The molecule has 1 N–H and O–H groups in total. The van der Waals surface area contributed by atoms with Crippen LogP contribution in [0.5, 0.6) is 0 Å². The fraction of sp³-hybridized carbons (Fsp3) is 0.350. The van der Waals surface area contributed by atoms with E-state index in [2.05, 4.69) is 22.3 Å². The summed E-state index contributed by atoms with van der Waals surface area (Å²) >= 11 is 6.16. The molecule has 0 unspecified atom stereocenters. The van der Waals surface area contributed by atoms with Crippen LogP contribution in [-0.2, 0) is 16.6 Å². The van der Waals surface area contributed by atoms with Crippen LogP contribution in [-0.4, -0.2) is 56.8 Å². The molecule has 8 heteroatoms. The van der Waals surface area contributed by atoms with E-state index in [1.54, 1.807) is 0 Å². The van der Waals surface area contributed by atoms with Crippen molar-refractivity contribution < 1.29 is 13.2 Å². The number of benzene rings is 2. The van der Waals surface area contributed by atoms with Crippen LogP contribution < -0.4 is 5.32 Å². The number of carbonyl (C=O) groups excluding carboxylic acids is 1. The molecule has 0 aromatic heterocycles. The molecule has 1 heterocycles. The Morgan fingerprint density at radius 1 is 1.21 bits per heavy atom. The highest BCUT2D eigenvalue weighted by atomic mass is 35.5. The maximum absolute atomic E-state index is 12.7. The second kappa shape index (κ2) is 8.61. The number of likely N-dealkylation sites (tertiary alicyclic amines) is 1. The fourth-order valence-electron chi connectivity index (χ4n) is 3.25. The molecular weight excluding hydrogens is 398 g/mol. The molecule has 150 valence electrons. The number of hydrogen-bond acceptors (Lipinski definition) is 4. The average Bonchev–Trinajstić information content (AvgIpc) is 3.09. The van der Waals surface area contributed by atoms with E-state index in [9.17, 15) is 13.2 Å². The Hall–Kier alpha value is -1.93. The number of nitrogens with one attached hydrogen (secondary N) is 1. The highest BCUT2D eigenvalue weighted by Gasteiger charge is 2.26. The van der Waals surface area contributed by atoms with E-state index < -0.39 is 10.0 Å². The minimum atomic E-state index is -3.63. The molecular formula is C20H24ClN3O3S. The Bertz CT molecular complexity index is 948. The van der Waals surface area contributed by atoms with Crippen LogP contribution in [0.25, 0.3) is 0 Å². The number of rotatable bonds is 6. The molecule has 1 saturated heterocycles. The van der Waals surface area contributed by atoms with E-state index in [1.807, 2.05) is 18.2 Å². The lowest BCUT2D eigenvalue weighted by Crippen LogP contribution is -2.37. The van der Waals surface area contributed by atoms with Gasteiger partial charge in [0, 0.05) is 39.8 Å². The third-order valence-corrected chi connectivity index (χ3v) is 6.96. The lowest BCUT2D eigenvalue weighted by atomic mass is 10.2. The molecule has 1 aliphatic heterocycles. The fourth-order valence-corrected chi connectivity index (χ4v) is 4.38. The lowest BCUT2D eigenvalue weighted by Gasteiger charge is -2.17. The monoisotopic (exact) mass is 421 g/mol. The Kier molecular flexibility index (Phi) is 6.40. The molecule has 1 aliphatic rings. The standard InChI is InChI=1S/C20H24ClN3O3S/c1-23(2)28(26,27)17-8-9-19(21)18(12-17)20(25)22-16-10-11-24(14-16)13-15-6-4-3-5-7-15/h3-9,12,16H,10-11,13-14H2,1-2H3,(H,22,25)/t16-/m1/s1. The molecule has 1 amide bonds. The van der Waals surface area contributed by atoms with Gasteiger partial charge < -0.3 is 5.32 Å². The topological polar surface area (TPSA) is 69.7 Å². The van der Waals surface area contributed by atoms with E-state index >= 15 is 0 Å². The largest absolute Gasteiger partial charge is 0.348 e. The maximum atomic E-state index is 12.7. The second-order valence-corrected chi connectivity index (χ2v) is 9.67. The van der Waals surface area contributed by atoms with Gasteiger partial charge in [-0.25, -0.2) is 12.7 Å². The Balaban J connectivity index is 1.67. The number of carbonyl (C=O) groups is 1. The van der Waals surface area contributed by atoms with Gasteiger partial charge in [0.2, 0.25) is 10.0 Å². The van der Waals surface area contributed by atoms with Crippen molar-refractivity contribution in [3.8, 4) is 0 Å². The molecule has 0 bridgehead atoms. The van der Waals surface area contributed by atoms with Crippen LogP contribution in [0.15, 0.2) is 53.4 Å². The zero-order valence-corrected chi connectivity index (χ0v) is 17.5. The minimum Gasteiger partial charge on any atom is -0.348 e. The van der Waals surface area contributed by atoms with Gasteiger partial charge >= 0.3 is 0 Å². The van der Waals surface area contributed by atoms with Crippen LogP contribution in [0, 0.1) is 0 Å². The third-order valence-electron chi connectivity index (χ3n) is 4.82. The summed E-state index contributed by atoms with van der Waals surface area (Å²) in [5, 5.41) is 3.22. The van der Waals surface area contributed by atoms with Gasteiger partial charge in [-0.15, -0.1) is 0 Å². The molecule has 0 saturated carbocycles. The summed E-state index contributed by atoms with van der Waals surface area (Å²) in [6.45, 7) is 2.47. The molecule has 2 aromatic rings. The molecule has 0 aliphatic carbocycles. The van der Waals surface area contributed by atoms with Crippen LogP contribution in [0.1, 0.15) is 22.3 Å². The van der Waals surface area contributed by atoms with Crippen LogP contribution in [0.2, 0.25) is 5.02 Å². The quantitative estimate of drug-likeness (QED) is 0.778. The molecule has 3 rings (SSSR count). The summed E-state index contributed by atoms with van der Waals surface area (Å²) in [6.07, 6.45) is 0.839. The Labute approximate surface area is 171 Å². The first-order valence-corrected chi connectivity index (χ1v) is 10.9. The van der Waals surface area contributed by atoms with Gasteiger partial charge in [0.1, 0.15) is 0 Å². The summed E-state index contributed by atoms with van der Waals surface area (Å²) in [4.78, 5) is 15.0. The molecule has 1 fully saturated rings. The van der Waals surface area contributed by atoms with Crippen LogP contribution in [0.3, 0.4) is 0 Å². The number of amides is 1. The van der Waals surface area contributed by atoms with E-state index in [0.717, 1.165) is 30.4 Å². The van der Waals surface area contributed by atoms with Gasteiger partial charge in [-0.05, 0) is 30.2 Å². The van der Waals surface area contributed by atoms with Gasteiger partial charge in [0.15, 0.2) is 0 Å². The Morgan fingerprint density at radius 3 is 2.61 bits per heavy atom.